The van der Waals surface area contributed by atoms with Crippen LogP contribution in [0.4, 0.5) is 4.39 Å². The largest absolute Gasteiger partial charge is 0.381 e. The number of aromatic nitrogens is 2. The number of halogens is 1. The molecule has 1 aliphatic heterocycles. The van der Waals surface area contributed by atoms with E-state index in [-0.39, 0.29) is 11.7 Å². The number of benzene rings is 1. The fraction of sp³-hybridized carbons (Fsp3) is 0.412. The van der Waals surface area contributed by atoms with Crippen molar-refractivity contribution in [1.29, 1.82) is 0 Å². The molecule has 1 saturated heterocycles. The zero-order valence-electron chi connectivity index (χ0n) is 13.0. The third-order valence-electron chi connectivity index (χ3n) is 4.41. The highest BCUT2D eigenvalue weighted by molar-refractivity contribution is 5.80. The average Bonchev–Trinajstić information content (AvgIpc) is 3.10. The van der Waals surface area contributed by atoms with Crippen LogP contribution in [0.15, 0.2) is 42.7 Å². The number of amides is 1. The maximum Gasteiger partial charge on any atom is 0.245 e. The van der Waals surface area contributed by atoms with Crippen molar-refractivity contribution in [2.75, 3.05) is 13.2 Å². The zero-order valence-corrected chi connectivity index (χ0v) is 13.0. The Morgan fingerprint density at radius 1 is 1.35 bits per heavy atom. The van der Waals surface area contributed by atoms with Crippen LogP contribution in [0.5, 0.6) is 0 Å². The third kappa shape index (κ3) is 3.27. The predicted molar refractivity (Wildman–Crippen MR) is 83.2 cm³/mol. The smallest absolute Gasteiger partial charge is 0.245 e. The minimum absolute atomic E-state index is 0.111. The maximum absolute atomic E-state index is 13.2. The van der Waals surface area contributed by atoms with Gasteiger partial charge in [-0.15, -0.1) is 0 Å². The first-order valence-corrected chi connectivity index (χ1v) is 7.76. The summed E-state index contributed by atoms with van der Waals surface area (Å²) in [5.74, 6) is -0.396. The molecule has 0 saturated carbocycles. The second kappa shape index (κ2) is 6.50. The quantitative estimate of drug-likeness (QED) is 0.942. The predicted octanol–water partition coefficient (Wildman–Crippen LogP) is 2.41. The van der Waals surface area contributed by atoms with Gasteiger partial charge in [0, 0.05) is 25.6 Å². The van der Waals surface area contributed by atoms with Crippen molar-refractivity contribution in [3.8, 4) is 0 Å². The highest BCUT2D eigenvalue weighted by atomic mass is 19.1. The van der Waals surface area contributed by atoms with Crippen molar-refractivity contribution < 1.29 is 13.9 Å². The molecule has 1 aromatic carbocycles. The van der Waals surface area contributed by atoms with Gasteiger partial charge in [-0.2, -0.15) is 5.10 Å². The van der Waals surface area contributed by atoms with Crippen LogP contribution in [-0.4, -0.2) is 28.9 Å². The molecular weight excluding hydrogens is 297 g/mol. The molecule has 1 N–H and O–H groups in total. The molecule has 0 spiro atoms. The molecular formula is C17H20FN3O2. The molecule has 1 atom stereocenters. The van der Waals surface area contributed by atoms with Crippen molar-refractivity contribution >= 4 is 5.91 Å². The van der Waals surface area contributed by atoms with Crippen LogP contribution in [0.1, 0.15) is 31.4 Å². The Morgan fingerprint density at radius 3 is 2.65 bits per heavy atom. The van der Waals surface area contributed by atoms with E-state index < -0.39 is 11.6 Å². The van der Waals surface area contributed by atoms with Crippen molar-refractivity contribution in [1.82, 2.24) is 15.1 Å². The summed E-state index contributed by atoms with van der Waals surface area (Å²) in [5, 5.41) is 7.27. The summed E-state index contributed by atoms with van der Waals surface area (Å²) < 4.78 is 20.3. The maximum atomic E-state index is 13.2. The number of carbonyl (C=O) groups excluding carboxylic acids is 1. The van der Waals surface area contributed by atoms with Crippen LogP contribution in [0.25, 0.3) is 0 Å². The summed E-state index contributed by atoms with van der Waals surface area (Å²) in [6, 6.07) is 7.70. The summed E-state index contributed by atoms with van der Waals surface area (Å²) in [4.78, 5) is 12.7. The lowest BCUT2D eigenvalue weighted by molar-refractivity contribution is -0.127. The van der Waals surface area contributed by atoms with Gasteiger partial charge in [0.1, 0.15) is 11.9 Å². The van der Waals surface area contributed by atoms with Gasteiger partial charge in [0.05, 0.1) is 5.54 Å². The molecule has 0 radical (unpaired) electrons. The second-order valence-electron chi connectivity index (χ2n) is 5.85. The number of hydrogen-bond acceptors (Lipinski definition) is 3. The first-order chi connectivity index (χ1) is 11.1. The Kier molecular flexibility index (Phi) is 4.43. The molecule has 1 fully saturated rings. The SMILES string of the molecule is CC(C(=O)NC1(c2ccc(F)cc2)CCOCC1)n1cccn1. The number of ether oxygens (including phenoxy) is 1. The van der Waals surface area contributed by atoms with Crippen molar-refractivity contribution in [2.45, 2.75) is 31.3 Å². The van der Waals surface area contributed by atoms with Gasteiger partial charge in [-0.3, -0.25) is 9.48 Å². The lowest BCUT2D eigenvalue weighted by atomic mass is 9.82. The van der Waals surface area contributed by atoms with Gasteiger partial charge in [-0.05, 0) is 43.5 Å². The van der Waals surface area contributed by atoms with E-state index in [1.807, 2.05) is 0 Å². The van der Waals surface area contributed by atoms with Crippen LogP contribution in [0, 0.1) is 5.82 Å². The first kappa shape index (κ1) is 15.7. The second-order valence-corrected chi connectivity index (χ2v) is 5.85. The van der Waals surface area contributed by atoms with Gasteiger partial charge in [-0.25, -0.2) is 4.39 Å². The zero-order chi connectivity index (χ0) is 16.3. The van der Waals surface area contributed by atoms with E-state index in [1.54, 1.807) is 42.2 Å². The van der Waals surface area contributed by atoms with Crippen LogP contribution >= 0.6 is 0 Å². The first-order valence-electron chi connectivity index (χ1n) is 7.76. The minimum atomic E-state index is -0.523. The minimum Gasteiger partial charge on any atom is -0.381 e. The van der Waals surface area contributed by atoms with Crippen molar-refractivity contribution in [3.05, 3.63) is 54.1 Å². The Bertz CT molecular complexity index is 649. The fourth-order valence-corrected chi connectivity index (χ4v) is 2.94. The highest BCUT2D eigenvalue weighted by Crippen LogP contribution is 2.32. The van der Waals surface area contributed by atoms with Crippen LogP contribution < -0.4 is 5.32 Å². The lowest BCUT2D eigenvalue weighted by Gasteiger charge is -2.39. The van der Waals surface area contributed by atoms with Gasteiger partial charge in [0.25, 0.3) is 0 Å². The molecule has 1 unspecified atom stereocenters. The van der Waals surface area contributed by atoms with Crippen molar-refractivity contribution in [2.24, 2.45) is 0 Å². The molecule has 0 aliphatic carbocycles. The summed E-state index contributed by atoms with van der Waals surface area (Å²) in [6.45, 7) is 2.93. The van der Waals surface area contributed by atoms with Gasteiger partial charge >= 0.3 is 0 Å². The number of nitrogens with zero attached hydrogens (tertiary/aromatic N) is 2. The van der Waals surface area contributed by atoms with E-state index in [1.165, 1.54) is 12.1 Å². The molecule has 5 nitrogen and oxygen atoms in total. The molecule has 1 aromatic heterocycles. The molecule has 3 rings (SSSR count). The fourth-order valence-electron chi connectivity index (χ4n) is 2.94. The van der Waals surface area contributed by atoms with E-state index in [4.69, 9.17) is 4.74 Å². The van der Waals surface area contributed by atoms with Gasteiger partial charge < -0.3 is 10.1 Å². The third-order valence-corrected chi connectivity index (χ3v) is 4.41. The average molecular weight is 317 g/mol. The van der Waals surface area contributed by atoms with E-state index in [0.717, 1.165) is 5.56 Å². The number of rotatable bonds is 4. The van der Waals surface area contributed by atoms with E-state index in [2.05, 4.69) is 10.4 Å². The van der Waals surface area contributed by atoms with Crippen LogP contribution in [0.2, 0.25) is 0 Å². The Balaban J connectivity index is 1.84. The Morgan fingerprint density at radius 2 is 2.04 bits per heavy atom. The van der Waals surface area contributed by atoms with Crippen LogP contribution in [0.3, 0.4) is 0 Å². The summed E-state index contributed by atoms with van der Waals surface area (Å²) >= 11 is 0. The number of nitrogens with one attached hydrogen (secondary N) is 1. The Hall–Kier alpha value is -2.21. The van der Waals surface area contributed by atoms with E-state index >= 15 is 0 Å². The van der Waals surface area contributed by atoms with Crippen molar-refractivity contribution in [3.63, 3.8) is 0 Å². The van der Waals surface area contributed by atoms with Gasteiger partial charge in [0.2, 0.25) is 5.91 Å². The van der Waals surface area contributed by atoms with Crippen LogP contribution in [-0.2, 0) is 15.1 Å². The molecule has 23 heavy (non-hydrogen) atoms. The van der Waals surface area contributed by atoms with E-state index in [0.29, 0.717) is 26.1 Å². The van der Waals surface area contributed by atoms with Gasteiger partial charge in [0.15, 0.2) is 0 Å². The molecule has 2 aromatic rings. The lowest BCUT2D eigenvalue weighted by Crippen LogP contribution is -2.51. The standard InChI is InChI=1S/C17H20FN3O2/c1-13(21-10-2-9-19-21)16(22)20-17(7-11-23-12-8-17)14-3-5-15(18)6-4-14/h2-6,9-10,13H,7-8,11-12H2,1H3,(H,20,22). The summed E-state index contributed by atoms with van der Waals surface area (Å²) in [5.41, 5.74) is 0.382. The molecule has 2 heterocycles. The normalized spacial score (nSPS) is 18.3. The highest BCUT2D eigenvalue weighted by Gasteiger charge is 2.37. The Labute approximate surface area is 134 Å². The molecule has 0 bridgehead atoms. The van der Waals surface area contributed by atoms with E-state index in [9.17, 15) is 9.18 Å². The molecule has 6 heteroatoms. The monoisotopic (exact) mass is 317 g/mol. The summed E-state index contributed by atoms with van der Waals surface area (Å²) in [6.07, 6.45) is 4.74. The molecule has 122 valence electrons. The molecule has 1 amide bonds. The number of carbonyl (C=O) groups is 1. The molecule has 1 aliphatic rings. The topological polar surface area (TPSA) is 56.1 Å². The summed E-state index contributed by atoms with van der Waals surface area (Å²) in [7, 11) is 0. The van der Waals surface area contributed by atoms with Gasteiger partial charge in [-0.1, -0.05) is 12.1 Å². The number of hydrogen-bond donors (Lipinski definition) is 1.